The van der Waals surface area contributed by atoms with Crippen LogP contribution in [0.1, 0.15) is 19.4 Å². The summed E-state index contributed by atoms with van der Waals surface area (Å²) < 4.78 is 5.49. The molecule has 0 aliphatic carbocycles. The number of methoxy groups -OCH3 is 1. The van der Waals surface area contributed by atoms with Crippen molar-refractivity contribution in [3.8, 4) is 17.1 Å². The van der Waals surface area contributed by atoms with E-state index in [0.29, 0.717) is 5.82 Å². The zero-order valence-electron chi connectivity index (χ0n) is 15.9. The summed E-state index contributed by atoms with van der Waals surface area (Å²) in [5.74, 6) is 3.07. The zero-order valence-corrected chi connectivity index (χ0v) is 15.9. The van der Waals surface area contributed by atoms with Crippen molar-refractivity contribution in [2.45, 2.75) is 26.8 Å². The highest BCUT2D eigenvalue weighted by molar-refractivity contribution is 6.09. The van der Waals surface area contributed by atoms with Crippen LogP contribution in [-0.2, 0) is 0 Å². The number of rotatable bonds is 3. The van der Waals surface area contributed by atoms with E-state index < -0.39 is 0 Å². The van der Waals surface area contributed by atoms with Gasteiger partial charge in [0.25, 0.3) is 0 Å². The molecule has 1 aromatic heterocycles. The minimum Gasteiger partial charge on any atom is -0.496 e. The Balaban J connectivity index is 1.91. The van der Waals surface area contributed by atoms with E-state index in [1.807, 2.05) is 49.4 Å². The van der Waals surface area contributed by atoms with Crippen LogP contribution in [0, 0.1) is 6.92 Å². The standard InChI is InChI=1S/C22H22N4O/c1-13-12-19(23-15(13)3)24-22-17-10-11-18(27-4)14(2)20(17)25-21(26-22)16-8-6-5-7-9-16/h5-12,15H,1-4H3,(H,23,24,25,26). The Morgan fingerprint density at radius 3 is 2.44 bits per heavy atom. The predicted molar refractivity (Wildman–Crippen MR) is 111 cm³/mol. The number of aromatic nitrogens is 2. The normalized spacial score (nSPS) is 16.2. The van der Waals surface area contributed by atoms with Gasteiger partial charge in [0, 0.05) is 16.5 Å². The Kier molecular flexibility index (Phi) is 4.36. The molecule has 0 amide bonds. The average molecular weight is 358 g/mol. The number of nitrogens with zero attached hydrogens (tertiary/aromatic N) is 3. The van der Waals surface area contributed by atoms with E-state index in [2.05, 4.69) is 30.2 Å². The maximum absolute atomic E-state index is 5.49. The first kappa shape index (κ1) is 17.2. The van der Waals surface area contributed by atoms with Crippen molar-refractivity contribution in [2.75, 3.05) is 12.4 Å². The lowest BCUT2D eigenvalue weighted by molar-refractivity contribution is 0.412. The molecule has 1 unspecified atom stereocenters. The molecule has 1 aliphatic heterocycles. The molecule has 0 saturated heterocycles. The van der Waals surface area contributed by atoms with E-state index in [0.717, 1.165) is 39.4 Å². The van der Waals surface area contributed by atoms with Crippen LogP contribution in [0.2, 0.25) is 0 Å². The first-order valence-corrected chi connectivity index (χ1v) is 9.00. The maximum Gasteiger partial charge on any atom is 0.162 e. The third-order valence-electron chi connectivity index (χ3n) is 4.93. The van der Waals surface area contributed by atoms with Crippen molar-refractivity contribution in [3.63, 3.8) is 0 Å². The summed E-state index contributed by atoms with van der Waals surface area (Å²) in [6, 6.07) is 14.1. The Hall–Kier alpha value is -3.21. The summed E-state index contributed by atoms with van der Waals surface area (Å²) in [6.07, 6.45) is 2.07. The molecule has 4 rings (SSSR count). The Morgan fingerprint density at radius 1 is 1.00 bits per heavy atom. The smallest absolute Gasteiger partial charge is 0.162 e. The Labute approximate surface area is 158 Å². The van der Waals surface area contributed by atoms with E-state index in [1.54, 1.807) is 7.11 Å². The zero-order chi connectivity index (χ0) is 19.0. The van der Waals surface area contributed by atoms with Gasteiger partial charge in [-0.3, -0.25) is 4.99 Å². The van der Waals surface area contributed by atoms with Gasteiger partial charge in [0.05, 0.1) is 18.7 Å². The number of fused-ring (bicyclic) bond motifs is 1. The largest absolute Gasteiger partial charge is 0.496 e. The molecule has 5 nitrogen and oxygen atoms in total. The summed E-state index contributed by atoms with van der Waals surface area (Å²) in [5, 5.41) is 4.35. The lowest BCUT2D eigenvalue weighted by Gasteiger charge is -2.13. The number of nitrogens with one attached hydrogen (secondary N) is 1. The van der Waals surface area contributed by atoms with Crippen molar-refractivity contribution in [1.29, 1.82) is 0 Å². The number of aliphatic imine (C=N–C) groups is 1. The van der Waals surface area contributed by atoms with Gasteiger partial charge in [0.2, 0.25) is 0 Å². The fraction of sp³-hybridized carbons (Fsp3) is 0.227. The van der Waals surface area contributed by atoms with Crippen LogP contribution in [0.15, 0.2) is 59.1 Å². The van der Waals surface area contributed by atoms with Crippen LogP contribution in [-0.4, -0.2) is 29.0 Å². The number of hydrogen-bond acceptors (Lipinski definition) is 5. The number of aryl methyl sites for hydroxylation is 1. The monoisotopic (exact) mass is 358 g/mol. The first-order valence-electron chi connectivity index (χ1n) is 9.00. The molecule has 1 atom stereocenters. The highest BCUT2D eigenvalue weighted by Gasteiger charge is 2.17. The van der Waals surface area contributed by atoms with Gasteiger partial charge in [-0.1, -0.05) is 30.3 Å². The summed E-state index contributed by atoms with van der Waals surface area (Å²) in [6.45, 7) is 6.19. The van der Waals surface area contributed by atoms with Gasteiger partial charge in [-0.05, 0) is 44.6 Å². The molecule has 27 heavy (non-hydrogen) atoms. The van der Waals surface area contributed by atoms with E-state index in [4.69, 9.17) is 14.7 Å². The molecule has 0 spiro atoms. The van der Waals surface area contributed by atoms with E-state index in [9.17, 15) is 0 Å². The van der Waals surface area contributed by atoms with Crippen LogP contribution in [0.25, 0.3) is 22.3 Å². The highest BCUT2D eigenvalue weighted by atomic mass is 16.5. The van der Waals surface area contributed by atoms with Gasteiger partial charge in [-0.2, -0.15) is 0 Å². The third-order valence-corrected chi connectivity index (χ3v) is 4.93. The second-order valence-electron chi connectivity index (χ2n) is 6.75. The Bertz CT molecular complexity index is 1070. The van der Waals surface area contributed by atoms with Gasteiger partial charge in [0.15, 0.2) is 5.82 Å². The molecule has 1 N–H and O–H groups in total. The minimum absolute atomic E-state index is 0.191. The highest BCUT2D eigenvalue weighted by Crippen LogP contribution is 2.32. The SMILES string of the molecule is COc1ccc2c(NC3=NC(C)C(C)=C3)nc(-c3ccccc3)nc2c1C. The lowest BCUT2D eigenvalue weighted by Crippen LogP contribution is -2.11. The van der Waals surface area contributed by atoms with Gasteiger partial charge >= 0.3 is 0 Å². The van der Waals surface area contributed by atoms with Gasteiger partial charge in [-0.15, -0.1) is 0 Å². The molecule has 2 heterocycles. The van der Waals surface area contributed by atoms with Gasteiger partial charge in [-0.25, -0.2) is 9.97 Å². The number of amidine groups is 1. The fourth-order valence-electron chi connectivity index (χ4n) is 3.22. The number of benzene rings is 2. The van der Waals surface area contributed by atoms with E-state index in [-0.39, 0.29) is 6.04 Å². The summed E-state index contributed by atoms with van der Waals surface area (Å²) >= 11 is 0. The second kappa shape index (κ2) is 6.83. The first-order chi connectivity index (χ1) is 13.1. The van der Waals surface area contributed by atoms with E-state index >= 15 is 0 Å². The molecular weight excluding hydrogens is 336 g/mol. The van der Waals surface area contributed by atoms with Crippen LogP contribution < -0.4 is 10.1 Å². The van der Waals surface area contributed by atoms with Crippen molar-refractivity contribution in [1.82, 2.24) is 9.97 Å². The average Bonchev–Trinajstić information content (AvgIpc) is 3.00. The van der Waals surface area contributed by atoms with Gasteiger partial charge < -0.3 is 10.1 Å². The molecule has 5 heteroatoms. The van der Waals surface area contributed by atoms with Crippen molar-refractivity contribution < 1.29 is 4.74 Å². The summed E-state index contributed by atoms with van der Waals surface area (Å²) in [4.78, 5) is 14.3. The fourth-order valence-corrected chi connectivity index (χ4v) is 3.22. The summed E-state index contributed by atoms with van der Waals surface area (Å²) in [7, 11) is 1.68. The van der Waals surface area contributed by atoms with Crippen molar-refractivity contribution in [3.05, 3.63) is 59.7 Å². The van der Waals surface area contributed by atoms with Crippen LogP contribution >= 0.6 is 0 Å². The Morgan fingerprint density at radius 2 is 1.78 bits per heavy atom. The van der Waals surface area contributed by atoms with Gasteiger partial charge in [0.1, 0.15) is 17.4 Å². The third kappa shape index (κ3) is 3.16. The topological polar surface area (TPSA) is 59.4 Å². The number of anilines is 1. The molecule has 3 aromatic rings. The maximum atomic E-state index is 5.49. The van der Waals surface area contributed by atoms with Crippen molar-refractivity contribution >= 4 is 22.6 Å². The molecule has 0 bridgehead atoms. The minimum atomic E-state index is 0.191. The molecule has 0 saturated carbocycles. The van der Waals surface area contributed by atoms with Crippen LogP contribution in [0.3, 0.4) is 0 Å². The van der Waals surface area contributed by atoms with Crippen LogP contribution in [0.4, 0.5) is 5.82 Å². The lowest BCUT2D eigenvalue weighted by atomic mass is 10.1. The number of ether oxygens (including phenoxy) is 1. The quantitative estimate of drug-likeness (QED) is 0.732. The molecule has 0 fully saturated rings. The number of hydrogen-bond donors (Lipinski definition) is 1. The molecule has 2 aromatic carbocycles. The summed E-state index contributed by atoms with van der Waals surface area (Å²) in [5.41, 5.74) is 4.07. The van der Waals surface area contributed by atoms with E-state index in [1.165, 1.54) is 5.57 Å². The molecular formula is C22H22N4O. The predicted octanol–water partition coefficient (Wildman–Crippen LogP) is 4.77. The van der Waals surface area contributed by atoms with Crippen LogP contribution in [0.5, 0.6) is 5.75 Å². The second-order valence-corrected chi connectivity index (χ2v) is 6.75. The van der Waals surface area contributed by atoms with Crippen molar-refractivity contribution in [2.24, 2.45) is 4.99 Å². The molecule has 0 radical (unpaired) electrons. The molecule has 1 aliphatic rings. The molecule has 136 valence electrons.